The summed E-state index contributed by atoms with van der Waals surface area (Å²) in [6, 6.07) is 1.28. The van der Waals surface area contributed by atoms with Crippen molar-refractivity contribution in [3.05, 3.63) is 29.3 Å². The summed E-state index contributed by atoms with van der Waals surface area (Å²) in [4.78, 5) is 11.2. The highest BCUT2D eigenvalue weighted by Gasteiger charge is 2.16. The summed E-state index contributed by atoms with van der Waals surface area (Å²) in [6.45, 7) is -0.936. The van der Waals surface area contributed by atoms with Crippen molar-refractivity contribution in [3.63, 3.8) is 0 Å². The van der Waals surface area contributed by atoms with E-state index >= 15 is 0 Å². The lowest BCUT2D eigenvalue weighted by Gasteiger charge is -2.07. The van der Waals surface area contributed by atoms with Gasteiger partial charge in [-0.2, -0.15) is 0 Å². The number of hydrogen-bond acceptors (Lipinski definition) is 2. The summed E-state index contributed by atoms with van der Waals surface area (Å²) >= 11 is 0. The maximum Gasteiger partial charge on any atom is 0.255 e. The lowest BCUT2D eigenvalue weighted by molar-refractivity contribution is 0.0887. The van der Waals surface area contributed by atoms with Gasteiger partial charge in [-0.1, -0.05) is 0 Å². The Morgan fingerprint density at radius 3 is 2.56 bits per heavy atom. The fraction of sp³-hybridized carbons (Fsp3) is 0.222. The van der Waals surface area contributed by atoms with Crippen LogP contribution < -0.4 is 11.1 Å². The Morgan fingerprint density at radius 2 is 2.00 bits per heavy atom. The lowest BCUT2D eigenvalue weighted by atomic mass is 10.1. The molecule has 0 aliphatic rings. The quantitative estimate of drug-likeness (QED) is 0.617. The van der Waals surface area contributed by atoms with E-state index in [2.05, 4.69) is 0 Å². The summed E-state index contributed by atoms with van der Waals surface area (Å²) in [7, 11) is 0. The largest absolute Gasteiger partial charge is 0.396 e. The first kappa shape index (κ1) is 12.3. The second-order valence-corrected chi connectivity index (χ2v) is 2.96. The van der Waals surface area contributed by atoms with E-state index in [0.717, 1.165) is 0 Å². The number of alkyl halides is 2. The molecule has 0 radical (unpaired) electrons. The predicted octanol–water partition coefficient (Wildman–Crippen LogP) is 1.54. The standard InChI is InChI=1S/C9H8F4N2O/c10-4-1-5(8(13)6(14)2-4)9(16)15-3-7(11)12/h1-2,7H,3,14H2,(H,15,16). The highest BCUT2D eigenvalue weighted by Crippen LogP contribution is 2.17. The van der Waals surface area contributed by atoms with Crippen LogP contribution in [0, 0.1) is 11.6 Å². The van der Waals surface area contributed by atoms with Gasteiger partial charge in [0, 0.05) is 0 Å². The van der Waals surface area contributed by atoms with Gasteiger partial charge in [-0.25, -0.2) is 17.6 Å². The van der Waals surface area contributed by atoms with Crippen LogP contribution in [-0.4, -0.2) is 18.9 Å². The van der Waals surface area contributed by atoms with Gasteiger partial charge in [0.25, 0.3) is 12.3 Å². The van der Waals surface area contributed by atoms with Gasteiger partial charge in [0.1, 0.15) is 5.82 Å². The first-order valence-electron chi connectivity index (χ1n) is 4.22. The van der Waals surface area contributed by atoms with Crippen molar-refractivity contribution in [2.45, 2.75) is 6.43 Å². The first-order chi connectivity index (χ1) is 7.41. The molecule has 16 heavy (non-hydrogen) atoms. The molecule has 0 heterocycles. The number of nitrogens with two attached hydrogens (primary N) is 1. The fourth-order valence-corrected chi connectivity index (χ4v) is 1.04. The minimum absolute atomic E-state index is 0.554. The van der Waals surface area contributed by atoms with Crippen molar-refractivity contribution >= 4 is 11.6 Å². The van der Waals surface area contributed by atoms with Crippen LogP contribution in [0.5, 0.6) is 0 Å². The average molecular weight is 236 g/mol. The van der Waals surface area contributed by atoms with Gasteiger partial charge in [-0.15, -0.1) is 0 Å². The van der Waals surface area contributed by atoms with E-state index in [9.17, 15) is 22.4 Å². The van der Waals surface area contributed by atoms with Gasteiger partial charge in [0.15, 0.2) is 5.82 Å². The number of rotatable bonds is 3. The van der Waals surface area contributed by atoms with Crippen LogP contribution in [-0.2, 0) is 0 Å². The number of anilines is 1. The highest BCUT2D eigenvalue weighted by molar-refractivity contribution is 5.95. The molecule has 0 aliphatic carbocycles. The molecule has 0 atom stereocenters. The zero-order valence-electron chi connectivity index (χ0n) is 7.94. The lowest BCUT2D eigenvalue weighted by Crippen LogP contribution is -2.29. The van der Waals surface area contributed by atoms with Crippen LogP contribution in [0.4, 0.5) is 23.2 Å². The molecule has 0 saturated heterocycles. The minimum atomic E-state index is -2.77. The van der Waals surface area contributed by atoms with E-state index in [1.807, 2.05) is 0 Å². The van der Waals surface area contributed by atoms with Gasteiger partial charge >= 0.3 is 0 Å². The number of carbonyl (C=O) groups excluding carboxylic acids is 1. The molecule has 0 spiro atoms. The molecule has 3 nitrogen and oxygen atoms in total. The molecule has 1 aromatic rings. The molecule has 0 aromatic heterocycles. The Morgan fingerprint density at radius 1 is 1.38 bits per heavy atom. The third kappa shape index (κ3) is 2.85. The second-order valence-electron chi connectivity index (χ2n) is 2.96. The zero-order valence-corrected chi connectivity index (χ0v) is 7.94. The fourth-order valence-electron chi connectivity index (χ4n) is 1.04. The molecule has 0 fully saturated rings. The molecular formula is C9H8F4N2O. The molecule has 1 aromatic carbocycles. The summed E-state index contributed by atoms with van der Waals surface area (Å²) < 4.78 is 49.5. The minimum Gasteiger partial charge on any atom is -0.396 e. The molecule has 0 bridgehead atoms. The van der Waals surface area contributed by atoms with Crippen LogP contribution in [0.25, 0.3) is 0 Å². The summed E-state index contributed by atoms with van der Waals surface area (Å²) in [5, 5.41) is 1.74. The van der Waals surface area contributed by atoms with Crippen molar-refractivity contribution in [1.82, 2.24) is 5.32 Å². The summed E-state index contributed by atoms with van der Waals surface area (Å²) in [5.74, 6) is -3.18. The van der Waals surface area contributed by atoms with E-state index < -0.39 is 41.8 Å². The number of nitrogen functional groups attached to an aromatic ring is 1. The molecule has 7 heteroatoms. The molecule has 0 unspecified atom stereocenters. The topological polar surface area (TPSA) is 55.1 Å². The Balaban J connectivity index is 2.91. The summed E-state index contributed by atoms with van der Waals surface area (Å²) in [5.41, 5.74) is 3.82. The van der Waals surface area contributed by atoms with Crippen LogP contribution in [0.2, 0.25) is 0 Å². The van der Waals surface area contributed by atoms with Crippen LogP contribution in [0.1, 0.15) is 10.4 Å². The van der Waals surface area contributed by atoms with Crippen molar-refractivity contribution < 1.29 is 22.4 Å². The summed E-state index contributed by atoms with van der Waals surface area (Å²) in [6.07, 6.45) is -2.77. The van der Waals surface area contributed by atoms with Crippen molar-refractivity contribution in [2.24, 2.45) is 0 Å². The van der Waals surface area contributed by atoms with E-state index in [1.54, 1.807) is 5.32 Å². The number of amides is 1. The van der Waals surface area contributed by atoms with E-state index in [4.69, 9.17) is 5.73 Å². The highest BCUT2D eigenvalue weighted by atomic mass is 19.3. The number of carbonyl (C=O) groups is 1. The zero-order chi connectivity index (χ0) is 12.3. The Kier molecular flexibility index (Phi) is 3.70. The maximum absolute atomic E-state index is 13.2. The van der Waals surface area contributed by atoms with Crippen LogP contribution in [0.15, 0.2) is 12.1 Å². The predicted molar refractivity (Wildman–Crippen MR) is 49.1 cm³/mol. The normalized spacial score (nSPS) is 10.6. The second kappa shape index (κ2) is 4.82. The molecule has 0 aliphatic heterocycles. The van der Waals surface area contributed by atoms with Gasteiger partial charge in [0.05, 0.1) is 17.8 Å². The Labute approximate surface area is 88.2 Å². The molecule has 1 rings (SSSR count). The smallest absolute Gasteiger partial charge is 0.255 e. The third-order valence-corrected chi connectivity index (χ3v) is 1.73. The van der Waals surface area contributed by atoms with Gasteiger partial charge in [-0.05, 0) is 12.1 Å². The van der Waals surface area contributed by atoms with Crippen LogP contribution in [0.3, 0.4) is 0 Å². The van der Waals surface area contributed by atoms with Crippen molar-refractivity contribution in [3.8, 4) is 0 Å². The molecule has 88 valence electrons. The third-order valence-electron chi connectivity index (χ3n) is 1.73. The number of hydrogen-bond donors (Lipinski definition) is 2. The maximum atomic E-state index is 13.2. The van der Waals surface area contributed by atoms with Crippen LogP contribution >= 0.6 is 0 Å². The van der Waals surface area contributed by atoms with Gasteiger partial charge < -0.3 is 11.1 Å². The SMILES string of the molecule is Nc1cc(F)cc(C(=O)NCC(F)F)c1F. The van der Waals surface area contributed by atoms with Gasteiger partial charge in [0.2, 0.25) is 0 Å². The molecule has 1 amide bonds. The number of nitrogens with one attached hydrogen (secondary N) is 1. The monoisotopic (exact) mass is 236 g/mol. The van der Waals surface area contributed by atoms with Crippen molar-refractivity contribution in [1.29, 1.82) is 0 Å². The van der Waals surface area contributed by atoms with E-state index in [1.165, 1.54) is 0 Å². The number of halogens is 4. The van der Waals surface area contributed by atoms with Gasteiger partial charge in [-0.3, -0.25) is 4.79 Å². The number of benzene rings is 1. The van der Waals surface area contributed by atoms with E-state index in [0.29, 0.717) is 12.1 Å². The Bertz CT molecular complexity index is 409. The van der Waals surface area contributed by atoms with Crippen molar-refractivity contribution in [2.75, 3.05) is 12.3 Å². The Hall–Kier alpha value is -1.79. The molecular weight excluding hydrogens is 228 g/mol. The molecule has 0 saturated carbocycles. The van der Waals surface area contributed by atoms with E-state index in [-0.39, 0.29) is 0 Å². The first-order valence-corrected chi connectivity index (χ1v) is 4.22. The molecule has 3 N–H and O–H groups in total. The average Bonchev–Trinajstić information content (AvgIpc) is 2.19.